The second-order valence-corrected chi connectivity index (χ2v) is 6.82. The van der Waals surface area contributed by atoms with Gasteiger partial charge in [0, 0.05) is 22.9 Å². The lowest BCUT2D eigenvalue weighted by molar-refractivity contribution is 0.100. The van der Waals surface area contributed by atoms with Crippen LogP contribution in [0.5, 0.6) is 0 Å². The molecule has 26 heavy (non-hydrogen) atoms. The Bertz CT molecular complexity index is 1140. The number of aryl methyl sites for hydroxylation is 1. The summed E-state index contributed by atoms with van der Waals surface area (Å²) in [5, 5.41) is 2.49. The van der Waals surface area contributed by atoms with Crippen LogP contribution in [0.1, 0.15) is 28.4 Å². The zero-order valence-electron chi connectivity index (χ0n) is 14.5. The SMILES string of the molecule is CCc1ccccc1Cn1c2cccc(C(N)=O)c2c2cccc(Cl)c21. The lowest BCUT2D eigenvalue weighted by Crippen LogP contribution is -2.11. The zero-order chi connectivity index (χ0) is 18.3. The first-order valence-corrected chi connectivity index (χ1v) is 9.05. The van der Waals surface area contributed by atoms with Crippen molar-refractivity contribution in [3.05, 3.63) is 82.4 Å². The molecule has 2 N–H and O–H groups in total. The van der Waals surface area contributed by atoms with Gasteiger partial charge in [-0.25, -0.2) is 0 Å². The number of rotatable bonds is 4. The van der Waals surface area contributed by atoms with Crippen molar-refractivity contribution < 1.29 is 4.79 Å². The van der Waals surface area contributed by atoms with Gasteiger partial charge in [-0.05, 0) is 35.7 Å². The number of primary amides is 1. The molecule has 0 fully saturated rings. The molecular weight excluding hydrogens is 344 g/mol. The number of nitrogens with zero attached hydrogens (tertiary/aromatic N) is 1. The van der Waals surface area contributed by atoms with Crippen LogP contribution in [0.25, 0.3) is 21.8 Å². The quantitative estimate of drug-likeness (QED) is 0.535. The Hall–Kier alpha value is -2.78. The maximum absolute atomic E-state index is 12.0. The molecule has 3 aromatic carbocycles. The van der Waals surface area contributed by atoms with Crippen LogP contribution < -0.4 is 5.73 Å². The molecule has 0 aliphatic carbocycles. The molecule has 0 aliphatic rings. The first kappa shape index (κ1) is 16.7. The van der Waals surface area contributed by atoms with Crippen LogP contribution in [0.15, 0.2) is 60.7 Å². The zero-order valence-corrected chi connectivity index (χ0v) is 15.3. The second-order valence-electron chi connectivity index (χ2n) is 6.41. The highest BCUT2D eigenvalue weighted by molar-refractivity contribution is 6.37. The lowest BCUT2D eigenvalue weighted by atomic mass is 10.1. The summed E-state index contributed by atoms with van der Waals surface area (Å²) in [6.07, 6.45) is 0.966. The number of amides is 1. The van der Waals surface area contributed by atoms with Crippen molar-refractivity contribution in [2.45, 2.75) is 19.9 Å². The average Bonchev–Trinajstić information content (AvgIpc) is 2.97. The summed E-state index contributed by atoms with van der Waals surface area (Å²) in [4.78, 5) is 12.0. The largest absolute Gasteiger partial charge is 0.366 e. The maximum atomic E-state index is 12.0. The average molecular weight is 363 g/mol. The lowest BCUT2D eigenvalue weighted by Gasteiger charge is -2.12. The van der Waals surface area contributed by atoms with Crippen LogP contribution in [0, 0.1) is 0 Å². The van der Waals surface area contributed by atoms with Crippen molar-refractivity contribution in [3.63, 3.8) is 0 Å². The molecule has 3 nitrogen and oxygen atoms in total. The van der Waals surface area contributed by atoms with E-state index in [9.17, 15) is 4.79 Å². The van der Waals surface area contributed by atoms with Crippen LogP contribution in [0.3, 0.4) is 0 Å². The minimum atomic E-state index is -0.427. The van der Waals surface area contributed by atoms with Gasteiger partial charge < -0.3 is 10.3 Å². The summed E-state index contributed by atoms with van der Waals surface area (Å²) in [6, 6.07) is 19.9. The van der Waals surface area contributed by atoms with E-state index in [1.807, 2.05) is 30.3 Å². The predicted octanol–water partition coefficient (Wildman–Crippen LogP) is 5.16. The molecule has 4 aromatic rings. The van der Waals surface area contributed by atoms with Gasteiger partial charge >= 0.3 is 0 Å². The van der Waals surface area contributed by atoms with Crippen molar-refractivity contribution in [1.82, 2.24) is 4.57 Å². The van der Waals surface area contributed by atoms with Crippen molar-refractivity contribution in [2.75, 3.05) is 0 Å². The van der Waals surface area contributed by atoms with Crippen LogP contribution in [-0.4, -0.2) is 10.5 Å². The number of fused-ring (bicyclic) bond motifs is 3. The number of hydrogen-bond donors (Lipinski definition) is 1. The Balaban J connectivity index is 2.07. The van der Waals surface area contributed by atoms with Crippen LogP contribution >= 0.6 is 11.6 Å². The predicted molar refractivity (Wildman–Crippen MR) is 108 cm³/mol. The minimum Gasteiger partial charge on any atom is -0.366 e. The topological polar surface area (TPSA) is 48.0 Å². The molecule has 0 spiro atoms. The first-order valence-electron chi connectivity index (χ1n) is 8.67. The Morgan fingerprint density at radius 1 is 1.00 bits per heavy atom. The van der Waals surface area contributed by atoms with E-state index in [1.165, 1.54) is 11.1 Å². The van der Waals surface area contributed by atoms with Gasteiger partial charge in [0.25, 0.3) is 0 Å². The number of hydrogen-bond acceptors (Lipinski definition) is 1. The van der Waals surface area contributed by atoms with Gasteiger partial charge in [0.2, 0.25) is 5.91 Å². The van der Waals surface area contributed by atoms with Gasteiger partial charge in [0.15, 0.2) is 0 Å². The van der Waals surface area contributed by atoms with E-state index in [0.717, 1.165) is 28.2 Å². The summed E-state index contributed by atoms with van der Waals surface area (Å²) < 4.78 is 2.19. The molecule has 0 unspecified atom stereocenters. The molecule has 1 amide bonds. The maximum Gasteiger partial charge on any atom is 0.249 e. The molecule has 0 bridgehead atoms. The van der Waals surface area contributed by atoms with Gasteiger partial charge in [-0.3, -0.25) is 4.79 Å². The normalized spacial score (nSPS) is 11.3. The fourth-order valence-corrected chi connectivity index (χ4v) is 4.03. The second kappa shape index (κ2) is 6.50. The highest BCUT2D eigenvalue weighted by Crippen LogP contribution is 2.36. The Morgan fingerprint density at radius 3 is 2.46 bits per heavy atom. The standard InChI is InChI=1S/C22H19ClN2O/c1-2-14-7-3-4-8-15(14)13-25-19-12-6-10-17(22(24)26)20(19)16-9-5-11-18(23)21(16)25/h3-12H,2,13H2,1H3,(H2,24,26). The third kappa shape index (κ3) is 2.56. The molecule has 0 saturated carbocycles. The highest BCUT2D eigenvalue weighted by Gasteiger charge is 2.18. The number of carbonyl (C=O) groups excluding carboxylic acids is 1. The van der Waals surface area contributed by atoms with Crippen molar-refractivity contribution in [3.8, 4) is 0 Å². The number of carbonyl (C=O) groups is 1. The minimum absolute atomic E-state index is 0.427. The molecule has 4 rings (SSSR count). The summed E-state index contributed by atoms with van der Waals surface area (Å²) in [5.74, 6) is -0.427. The van der Waals surface area contributed by atoms with Gasteiger partial charge in [-0.1, -0.05) is 61.0 Å². The fraction of sp³-hybridized carbons (Fsp3) is 0.136. The van der Waals surface area contributed by atoms with E-state index in [2.05, 4.69) is 35.8 Å². The number of nitrogens with two attached hydrogens (primary N) is 1. The monoisotopic (exact) mass is 362 g/mol. The summed E-state index contributed by atoms with van der Waals surface area (Å²) in [5.41, 5.74) is 10.6. The number of halogens is 1. The Kier molecular flexibility index (Phi) is 4.17. The van der Waals surface area contributed by atoms with Gasteiger partial charge in [0.05, 0.1) is 16.1 Å². The third-order valence-corrected chi connectivity index (χ3v) is 5.26. The van der Waals surface area contributed by atoms with Crippen molar-refractivity contribution in [2.24, 2.45) is 5.73 Å². The molecule has 0 radical (unpaired) electrons. The number of aromatic nitrogens is 1. The first-order chi connectivity index (χ1) is 12.6. The smallest absolute Gasteiger partial charge is 0.249 e. The Morgan fingerprint density at radius 2 is 1.73 bits per heavy atom. The summed E-state index contributed by atoms with van der Waals surface area (Å²) in [7, 11) is 0. The number of para-hydroxylation sites is 1. The van der Waals surface area contributed by atoms with Crippen molar-refractivity contribution >= 4 is 39.3 Å². The van der Waals surface area contributed by atoms with Crippen LogP contribution in [-0.2, 0) is 13.0 Å². The van der Waals surface area contributed by atoms with E-state index in [0.29, 0.717) is 17.1 Å². The van der Waals surface area contributed by atoms with Crippen molar-refractivity contribution in [1.29, 1.82) is 0 Å². The van der Waals surface area contributed by atoms with Crippen LogP contribution in [0.4, 0.5) is 0 Å². The van der Waals surface area contributed by atoms with E-state index in [-0.39, 0.29) is 0 Å². The van der Waals surface area contributed by atoms with E-state index < -0.39 is 5.91 Å². The molecule has 0 atom stereocenters. The molecule has 130 valence electrons. The number of benzene rings is 3. The molecule has 0 saturated heterocycles. The molecule has 4 heteroatoms. The molecular formula is C22H19ClN2O. The van der Waals surface area contributed by atoms with Crippen LogP contribution in [0.2, 0.25) is 5.02 Å². The van der Waals surface area contributed by atoms with E-state index in [4.69, 9.17) is 17.3 Å². The van der Waals surface area contributed by atoms with Gasteiger partial charge in [-0.15, -0.1) is 0 Å². The molecule has 0 aliphatic heterocycles. The van der Waals surface area contributed by atoms with E-state index in [1.54, 1.807) is 6.07 Å². The highest BCUT2D eigenvalue weighted by atomic mass is 35.5. The van der Waals surface area contributed by atoms with Gasteiger partial charge in [-0.2, -0.15) is 0 Å². The molecule has 1 aromatic heterocycles. The summed E-state index contributed by atoms with van der Waals surface area (Å²) in [6.45, 7) is 2.85. The van der Waals surface area contributed by atoms with Gasteiger partial charge in [0.1, 0.15) is 0 Å². The van der Waals surface area contributed by atoms with E-state index >= 15 is 0 Å². The molecule has 1 heterocycles. The summed E-state index contributed by atoms with van der Waals surface area (Å²) >= 11 is 6.57. The fourth-order valence-electron chi connectivity index (χ4n) is 3.76. The third-order valence-electron chi connectivity index (χ3n) is 4.95. The Labute approximate surface area is 157 Å².